The van der Waals surface area contributed by atoms with Gasteiger partial charge in [-0.15, -0.1) is 0 Å². The van der Waals surface area contributed by atoms with Gasteiger partial charge in [0.2, 0.25) is 0 Å². The second kappa shape index (κ2) is 3.52. The summed E-state index contributed by atoms with van der Waals surface area (Å²) < 4.78 is 1.91. The molecule has 0 saturated carbocycles. The highest BCUT2D eigenvalue weighted by Gasteiger charge is 2.32. The molecule has 1 aromatic carbocycles. The van der Waals surface area contributed by atoms with E-state index in [1.54, 1.807) is 0 Å². The minimum atomic E-state index is 0.308. The van der Waals surface area contributed by atoms with Gasteiger partial charge in [-0.25, -0.2) is 0 Å². The quantitative estimate of drug-likeness (QED) is 0.749. The number of nitrogens with zero attached hydrogens (tertiary/aromatic N) is 4. The minimum Gasteiger partial charge on any atom is -0.352 e. The molecule has 1 aliphatic heterocycles. The van der Waals surface area contributed by atoms with Crippen molar-refractivity contribution in [1.82, 2.24) is 9.78 Å². The predicted octanol–water partition coefficient (Wildman–Crippen LogP) is 2.35. The van der Waals surface area contributed by atoms with Crippen molar-refractivity contribution in [3.8, 4) is 0 Å². The molecule has 1 atom stereocenters. The summed E-state index contributed by atoms with van der Waals surface area (Å²) in [5.74, 6) is 1.12. The lowest BCUT2D eigenvalue weighted by Gasteiger charge is -2.27. The van der Waals surface area contributed by atoms with Crippen molar-refractivity contribution < 1.29 is 0 Å². The average Bonchev–Trinajstić information content (AvgIpc) is 2.84. The Morgan fingerprint density at radius 3 is 2.41 bits per heavy atom. The molecular formula is C13H16N4. The van der Waals surface area contributed by atoms with Gasteiger partial charge in [0.15, 0.2) is 0 Å². The van der Waals surface area contributed by atoms with Crippen molar-refractivity contribution in [3.63, 3.8) is 0 Å². The van der Waals surface area contributed by atoms with Gasteiger partial charge in [-0.05, 0) is 19.1 Å². The van der Waals surface area contributed by atoms with Gasteiger partial charge in [0, 0.05) is 20.2 Å². The van der Waals surface area contributed by atoms with Crippen LogP contribution < -0.4 is 9.80 Å². The zero-order chi connectivity index (χ0) is 12.0. The fourth-order valence-electron chi connectivity index (χ4n) is 2.46. The largest absolute Gasteiger partial charge is 0.352 e. The maximum atomic E-state index is 4.25. The second-order valence-corrected chi connectivity index (χ2v) is 4.41. The normalized spacial score (nSPS) is 18.6. The summed E-state index contributed by atoms with van der Waals surface area (Å²) in [6.45, 7) is 2.20. The first-order valence-electron chi connectivity index (χ1n) is 5.79. The first-order chi connectivity index (χ1) is 8.20. The number of aryl methyl sites for hydroxylation is 1. The average molecular weight is 228 g/mol. The third kappa shape index (κ3) is 1.33. The lowest BCUT2D eigenvalue weighted by atomic mass is 10.2. The van der Waals surface area contributed by atoms with Crippen LogP contribution in [0.25, 0.3) is 0 Å². The van der Waals surface area contributed by atoms with E-state index in [0.717, 1.165) is 5.82 Å². The highest BCUT2D eigenvalue weighted by atomic mass is 15.5. The van der Waals surface area contributed by atoms with E-state index >= 15 is 0 Å². The zero-order valence-corrected chi connectivity index (χ0v) is 10.3. The summed E-state index contributed by atoms with van der Waals surface area (Å²) >= 11 is 0. The van der Waals surface area contributed by atoms with Crippen LogP contribution in [0, 0.1) is 0 Å². The van der Waals surface area contributed by atoms with E-state index in [4.69, 9.17) is 0 Å². The number of hydrogen-bond donors (Lipinski definition) is 0. The Labute approximate surface area is 101 Å². The van der Waals surface area contributed by atoms with Crippen LogP contribution in [0.1, 0.15) is 6.92 Å². The molecule has 0 fully saturated rings. The maximum absolute atomic E-state index is 4.25. The summed E-state index contributed by atoms with van der Waals surface area (Å²) in [6.07, 6.45) is 2.14. The van der Waals surface area contributed by atoms with Crippen molar-refractivity contribution in [2.75, 3.05) is 16.8 Å². The van der Waals surface area contributed by atoms with Crippen molar-refractivity contribution in [3.05, 3.63) is 36.5 Å². The monoisotopic (exact) mass is 228 g/mol. The molecule has 0 unspecified atom stereocenters. The van der Waals surface area contributed by atoms with Gasteiger partial charge in [0.05, 0.1) is 17.6 Å². The van der Waals surface area contributed by atoms with Gasteiger partial charge in [-0.1, -0.05) is 12.1 Å². The molecule has 0 spiro atoms. The number of para-hydroxylation sites is 2. The van der Waals surface area contributed by atoms with Gasteiger partial charge in [-0.3, -0.25) is 4.68 Å². The first-order valence-corrected chi connectivity index (χ1v) is 5.79. The summed E-state index contributed by atoms with van der Waals surface area (Å²) in [7, 11) is 4.10. The van der Waals surface area contributed by atoms with Crippen molar-refractivity contribution >= 4 is 17.2 Å². The molecule has 0 N–H and O–H groups in total. The maximum Gasteiger partial charge on any atom is 0.132 e. The molecule has 1 aromatic heterocycles. The van der Waals surface area contributed by atoms with E-state index < -0.39 is 0 Å². The number of benzene rings is 1. The molecule has 4 nitrogen and oxygen atoms in total. The summed E-state index contributed by atoms with van der Waals surface area (Å²) in [5, 5.41) is 4.25. The van der Waals surface area contributed by atoms with Gasteiger partial charge in [0.1, 0.15) is 12.0 Å². The summed E-state index contributed by atoms with van der Waals surface area (Å²) in [4.78, 5) is 4.59. The Hall–Kier alpha value is -1.97. The van der Waals surface area contributed by atoms with Crippen molar-refractivity contribution in [2.45, 2.75) is 13.1 Å². The standard InChI is InChI=1S/C13H16N4/c1-10-15(2)11-6-4-5-7-12(11)17(10)13-8-9-14-16(13)3/h4-10H,1-3H3/t10-/m0/s1. The number of fused-ring (bicyclic) bond motifs is 1. The Kier molecular flexibility index (Phi) is 2.11. The third-order valence-corrected chi connectivity index (χ3v) is 3.50. The molecular weight excluding hydrogens is 212 g/mol. The first kappa shape index (κ1) is 10.2. The van der Waals surface area contributed by atoms with Crippen LogP contribution in [-0.2, 0) is 7.05 Å². The van der Waals surface area contributed by atoms with Crippen LogP contribution in [0.4, 0.5) is 17.2 Å². The highest BCUT2D eigenvalue weighted by Crippen LogP contribution is 2.42. The Morgan fingerprint density at radius 2 is 1.76 bits per heavy atom. The van der Waals surface area contributed by atoms with Crippen LogP contribution >= 0.6 is 0 Å². The van der Waals surface area contributed by atoms with Crippen LogP contribution in [0.15, 0.2) is 36.5 Å². The van der Waals surface area contributed by atoms with E-state index in [-0.39, 0.29) is 0 Å². The second-order valence-electron chi connectivity index (χ2n) is 4.41. The highest BCUT2D eigenvalue weighted by molar-refractivity contribution is 5.82. The van der Waals surface area contributed by atoms with E-state index in [9.17, 15) is 0 Å². The molecule has 88 valence electrons. The Morgan fingerprint density at radius 1 is 1.06 bits per heavy atom. The third-order valence-electron chi connectivity index (χ3n) is 3.50. The van der Waals surface area contributed by atoms with E-state index in [1.165, 1.54) is 11.4 Å². The molecule has 0 radical (unpaired) electrons. The number of hydrogen-bond acceptors (Lipinski definition) is 3. The molecule has 17 heavy (non-hydrogen) atoms. The van der Waals surface area contributed by atoms with Crippen LogP contribution in [-0.4, -0.2) is 23.0 Å². The van der Waals surface area contributed by atoms with Crippen LogP contribution in [0.5, 0.6) is 0 Å². The van der Waals surface area contributed by atoms with Crippen molar-refractivity contribution in [2.24, 2.45) is 7.05 Å². The smallest absolute Gasteiger partial charge is 0.132 e. The molecule has 1 aliphatic rings. The van der Waals surface area contributed by atoms with Crippen LogP contribution in [0.3, 0.4) is 0 Å². The Bertz CT molecular complexity index is 546. The fourth-order valence-corrected chi connectivity index (χ4v) is 2.46. The SMILES string of the molecule is C[C@H]1N(C)c2ccccc2N1c1ccnn1C. The van der Waals surface area contributed by atoms with Gasteiger partial charge < -0.3 is 9.80 Å². The summed E-state index contributed by atoms with van der Waals surface area (Å²) in [6, 6.07) is 10.5. The number of rotatable bonds is 1. The van der Waals surface area contributed by atoms with Gasteiger partial charge >= 0.3 is 0 Å². The molecule has 0 bridgehead atoms. The van der Waals surface area contributed by atoms with E-state index in [1.807, 2.05) is 24.0 Å². The van der Waals surface area contributed by atoms with E-state index in [2.05, 4.69) is 53.1 Å². The molecule has 4 heteroatoms. The fraction of sp³-hybridized carbons (Fsp3) is 0.308. The van der Waals surface area contributed by atoms with Crippen LogP contribution in [0.2, 0.25) is 0 Å². The summed E-state index contributed by atoms with van der Waals surface area (Å²) in [5.41, 5.74) is 2.51. The molecule has 2 heterocycles. The molecule has 2 aromatic rings. The molecule has 0 saturated heterocycles. The topological polar surface area (TPSA) is 24.3 Å². The van der Waals surface area contributed by atoms with E-state index in [0.29, 0.717) is 6.17 Å². The van der Waals surface area contributed by atoms with Gasteiger partial charge in [-0.2, -0.15) is 5.10 Å². The van der Waals surface area contributed by atoms with Crippen molar-refractivity contribution in [1.29, 1.82) is 0 Å². The lowest BCUT2D eigenvalue weighted by Crippen LogP contribution is -2.36. The molecule has 3 rings (SSSR count). The molecule has 0 amide bonds. The minimum absolute atomic E-state index is 0.308. The Balaban J connectivity index is 2.16. The van der Waals surface area contributed by atoms with Gasteiger partial charge in [0.25, 0.3) is 0 Å². The number of anilines is 3. The molecule has 0 aliphatic carbocycles. The lowest BCUT2D eigenvalue weighted by molar-refractivity contribution is 0.685. The zero-order valence-electron chi connectivity index (χ0n) is 10.3. The number of aromatic nitrogens is 2. The predicted molar refractivity (Wildman–Crippen MR) is 69.7 cm³/mol.